The van der Waals surface area contributed by atoms with Crippen molar-refractivity contribution in [3.05, 3.63) is 58.8 Å². The molecule has 0 bridgehead atoms. The van der Waals surface area contributed by atoms with Crippen LogP contribution < -0.4 is 10.1 Å². The second-order valence-corrected chi connectivity index (χ2v) is 7.55. The summed E-state index contributed by atoms with van der Waals surface area (Å²) in [7, 11) is 1.63. The zero-order valence-electron chi connectivity index (χ0n) is 15.7. The number of rotatable bonds is 6. The van der Waals surface area contributed by atoms with Crippen LogP contribution in [0, 0.1) is 5.92 Å². The van der Waals surface area contributed by atoms with Crippen molar-refractivity contribution >= 4 is 17.2 Å². The van der Waals surface area contributed by atoms with E-state index in [0.29, 0.717) is 18.8 Å². The van der Waals surface area contributed by atoms with E-state index in [9.17, 15) is 4.79 Å². The number of amides is 1. The molecule has 0 radical (unpaired) electrons. The van der Waals surface area contributed by atoms with Crippen LogP contribution in [0.3, 0.4) is 0 Å². The van der Waals surface area contributed by atoms with E-state index in [1.54, 1.807) is 24.2 Å². The zero-order chi connectivity index (χ0) is 19.5. The van der Waals surface area contributed by atoms with Gasteiger partial charge in [0.25, 0.3) is 0 Å². The van der Waals surface area contributed by atoms with Gasteiger partial charge in [0, 0.05) is 24.4 Å². The first-order chi connectivity index (χ1) is 13.7. The minimum absolute atomic E-state index is 0.0297. The molecule has 2 aromatic heterocycles. The molecule has 146 valence electrons. The molecule has 1 aromatic carbocycles. The average molecular weight is 398 g/mol. The topological polar surface area (TPSA) is 78.3 Å². The minimum Gasteiger partial charge on any atom is -0.494 e. The molecule has 1 fully saturated rings. The Hall–Kier alpha value is -2.71. The molecule has 7 nitrogen and oxygen atoms in total. The Morgan fingerprint density at radius 3 is 3.00 bits per heavy atom. The predicted molar refractivity (Wildman–Crippen MR) is 106 cm³/mol. The fraction of sp³-hybridized carbons (Fsp3) is 0.350. The summed E-state index contributed by atoms with van der Waals surface area (Å²) in [6.07, 6.45) is 3.76. The molecule has 1 amide bonds. The number of benzene rings is 1. The third-order valence-corrected chi connectivity index (χ3v) is 5.84. The monoisotopic (exact) mass is 398 g/mol. The van der Waals surface area contributed by atoms with E-state index >= 15 is 0 Å². The predicted octanol–water partition coefficient (Wildman–Crippen LogP) is 3.29. The lowest BCUT2D eigenvalue weighted by Crippen LogP contribution is -2.34. The van der Waals surface area contributed by atoms with Crippen molar-refractivity contribution in [1.29, 1.82) is 0 Å². The van der Waals surface area contributed by atoms with E-state index in [-0.39, 0.29) is 24.0 Å². The van der Waals surface area contributed by atoms with Crippen LogP contribution in [-0.4, -0.2) is 34.4 Å². The van der Waals surface area contributed by atoms with Crippen LogP contribution in [0.4, 0.5) is 0 Å². The van der Waals surface area contributed by atoms with Gasteiger partial charge in [-0.1, -0.05) is 12.1 Å². The Balaban J connectivity index is 1.58. The molecule has 3 heterocycles. The lowest BCUT2D eigenvalue weighted by Gasteiger charge is -2.21. The van der Waals surface area contributed by atoms with Gasteiger partial charge in [-0.05, 0) is 31.5 Å². The lowest BCUT2D eigenvalue weighted by atomic mass is 9.97. The van der Waals surface area contributed by atoms with Gasteiger partial charge in [0.2, 0.25) is 5.91 Å². The van der Waals surface area contributed by atoms with Crippen LogP contribution >= 0.6 is 11.3 Å². The first kappa shape index (κ1) is 18.6. The molecular formula is C20H22N4O3S. The van der Waals surface area contributed by atoms with Gasteiger partial charge in [0.05, 0.1) is 24.8 Å². The highest BCUT2D eigenvalue weighted by molar-refractivity contribution is 7.09. The zero-order valence-corrected chi connectivity index (χ0v) is 16.6. The number of carbonyl (C=O) groups excluding carboxylic acids is 1. The fourth-order valence-electron chi connectivity index (χ4n) is 3.52. The lowest BCUT2D eigenvalue weighted by molar-refractivity contribution is -0.127. The number of carbonyl (C=O) groups is 1. The Bertz CT molecular complexity index is 941. The number of hydrogen-bond acceptors (Lipinski definition) is 6. The van der Waals surface area contributed by atoms with Crippen molar-refractivity contribution in [3.63, 3.8) is 0 Å². The second-order valence-electron chi connectivity index (χ2n) is 6.63. The first-order valence-corrected chi connectivity index (χ1v) is 10.1. The molecular weight excluding hydrogens is 376 g/mol. The van der Waals surface area contributed by atoms with Gasteiger partial charge in [-0.3, -0.25) is 4.79 Å². The summed E-state index contributed by atoms with van der Waals surface area (Å²) in [5, 5.41) is 10.3. The highest BCUT2D eigenvalue weighted by Gasteiger charge is 2.38. The van der Waals surface area contributed by atoms with E-state index in [1.165, 1.54) is 11.3 Å². The maximum absolute atomic E-state index is 13.0. The smallest absolute Gasteiger partial charge is 0.226 e. The number of ether oxygens (including phenoxy) is 2. The van der Waals surface area contributed by atoms with Gasteiger partial charge in [-0.15, -0.1) is 11.3 Å². The van der Waals surface area contributed by atoms with Crippen molar-refractivity contribution in [2.24, 2.45) is 5.92 Å². The minimum atomic E-state index is -0.365. The van der Waals surface area contributed by atoms with Crippen LogP contribution in [0.25, 0.3) is 5.69 Å². The number of hydrogen-bond donors (Lipinski definition) is 1. The first-order valence-electron chi connectivity index (χ1n) is 9.17. The number of nitrogens with one attached hydrogen (secondary N) is 1. The molecule has 28 heavy (non-hydrogen) atoms. The largest absolute Gasteiger partial charge is 0.494 e. The molecule has 3 atom stereocenters. The quantitative estimate of drug-likeness (QED) is 0.689. The molecule has 3 aromatic rings. The number of para-hydroxylation sites is 2. The van der Waals surface area contributed by atoms with E-state index < -0.39 is 0 Å². The van der Waals surface area contributed by atoms with E-state index in [2.05, 4.69) is 15.4 Å². The van der Waals surface area contributed by atoms with Crippen molar-refractivity contribution in [2.45, 2.75) is 25.5 Å². The van der Waals surface area contributed by atoms with Gasteiger partial charge in [-0.2, -0.15) is 5.10 Å². The summed E-state index contributed by atoms with van der Waals surface area (Å²) < 4.78 is 13.2. The standard InChI is InChI=1S/C20H22N4O3S/c1-13(20-21-10-12-28-20)23-19(25)14-8-11-27-18(14)16-7-9-22-24(16)15-5-3-4-6-17(15)26-2/h3-7,9-10,12-14,18H,8,11H2,1-2H3,(H,23,25)/t13-,14+,18+/m1/s1. The molecule has 8 heteroatoms. The molecule has 1 saturated heterocycles. The average Bonchev–Trinajstić information content (AvgIpc) is 3.48. The Morgan fingerprint density at radius 1 is 1.36 bits per heavy atom. The van der Waals surface area contributed by atoms with Crippen LogP contribution in [0.5, 0.6) is 5.75 Å². The summed E-state index contributed by atoms with van der Waals surface area (Å²) in [6, 6.07) is 9.42. The van der Waals surface area contributed by atoms with E-state index in [4.69, 9.17) is 9.47 Å². The molecule has 0 saturated carbocycles. The van der Waals surface area contributed by atoms with Crippen molar-refractivity contribution in [1.82, 2.24) is 20.1 Å². The van der Waals surface area contributed by atoms with Crippen LogP contribution in [0.15, 0.2) is 48.1 Å². The maximum Gasteiger partial charge on any atom is 0.226 e. The molecule has 0 spiro atoms. The number of thiazole rings is 1. The normalized spacial score (nSPS) is 20.1. The summed E-state index contributed by atoms with van der Waals surface area (Å²) in [5.41, 5.74) is 1.65. The molecule has 1 N–H and O–H groups in total. The molecule has 1 aliphatic heterocycles. The highest BCUT2D eigenvalue weighted by atomic mass is 32.1. The van der Waals surface area contributed by atoms with Gasteiger partial charge >= 0.3 is 0 Å². The summed E-state index contributed by atoms with van der Waals surface area (Å²) >= 11 is 1.53. The number of methoxy groups -OCH3 is 1. The third-order valence-electron chi connectivity index (χ3n) is 4.89. The summed E-state index contributed by atoms with van der Waals surface area (Å²) in [5.74, 6) is 0.398. The SMILES string of the molecule is COc1ccccc1-n1nccc1[C@H]1OCC[C@@H]1C(=O)N[C@H](C)c1nccs1. The molecule has 0 unspecified atom stereocenters. The fourth-order valence-corrected chi connectivity index (χ4v) is 4.16. The van der Waals surface area contributed by atoms with Gasteiger partial charge in [0.15, 0.2) is 0 Å². The van der Waals surface area contributed by atoms with Crippen LogP contribution in [-0.2, 0) is 9.53 Å². The summed E-state index contributed by atoms with van der Waals surface area (Å²) in [4.78, 5) is 17.2. The van der Waals surface area contributed by atoms with Crippen molar-refractivity contribution < 1.29 is 14.3 Å². The molecule has 1 aliphatic rings. The highest BCUT2D eigenvalue weighted by Crippen LogP contribution is 2.37. The van der Waals surface area contributed by atoms with Crippen LogP contribution in [0.1, 0.15) is 36.2 Å². The van der Waals surface area contributed by atoms with E-state index in [0.717, 1.165) is 16.4 Å². The Labute approximate surface area is 167 Å². The second kappa shape index (κ2) is 8.12. The van der Waals surface area contributed by atoms with Crippen molar-refractivity contribution in [2.75, 3.05) is 13.7 Å². The summed E-state index contributed by atoms with van der Waals surface area (Å²) in [6.45, 7) is 2.48. The van der Waals surface area contributed by atoms with Gasteiger partial charge in [-0.25, -0.2) is 9.67 Å². The van der Waals surface area contributed by atoms with Gasteiger partial charge < -0.3 is 14.8 Å². The number of nitrogens with zero attached hydrogens (tertiary/aromatic N) is 3. The number of aromatic nitrogens is 3. The third kappa shape index (κ3) is 3.53. The maximum atomic E-state index is 13.0. The Morgan fingerprint density at radius 2 is 2.21 bits per heavy atom. The molecule has 4 rings (SSSR count). The van der Waals surface area contributed by atoms with Gasteiger partial charge in [0.1, 0.15) is 22.5 Å². The van der Waals surface area contributed by atoms with E-state index in [1.807, 2.05) is 42.6 Å². The molecule has 0 aliphatic carbocycles. The van der Waals surface area contributed by atoms with Crippen LogP contribution in [0.2, 0.25) is 0 Å². The van der Waals surface area contributed by atoms with Crippen molar-refractivity contribution in [3.8, 4) is 11.4 Å². The Kier molecular flexibility index (Phi) is 5.40.